The summed E-state index contributed by atoms with van der Waals surface area (Å²) in [5.74, 6) is -0.347. The summed E-state index contributed by atoms with van der Waals surface area (Å²) in [4.78, 5) is 27.7. The van der Waals surface area contributed by atoms with Crippen LogP contribution in [0.25, 0.3) is 6.08 Å². The van der Waals surface area contributed by atoms with Gasteiger partial charge in [-0.15, -0.1) is 0 Å². The van der Waals surface area contributed by atoms with Crippen molar-refractivity contribution in [2.24, 2.45) is 0 Å². The first-order valence-corrected chi connectivity index (χ1v) is 8.07. The fourth-order valence-corrected chi connectivity index (χ4v) is 3.40. The number of amides is 2. The molecular formula is C18H16N2O2S. The summed E-state index contributed by atoms with van der Waals surface area (Å²) in [6, 6.07) is 17.3. The van der Waals surface area contributed by atoms with Crippen LogP contribution >= 0.6 is 11.8 Å². The molecule has 23 heavy (non-hydrogen) atoms. The van der Waals surface area contributed by atoms with Gasteiger partial charge in [-0.1, -0.05) is 54.2 Å². The molecule has 2 amide bonds. The van der Waals surface area contributed by atoms with Crippen molar-refractivity contribution in [1.82, 2.24) is 5.32 Å². The van der Waals surface area contributed by atoms with E-state index in [1.807, 2.05) is 60.7 Å². The van der Waals surface area contributed by atoms with E-state index in [4.69, 9.17) is 0 Å². The molecule has 0 saturated heterocycles. The second-order valence-electron chi connectivity index (χ2n) is 5.05. The maximum Gasteiger partial charge on any atom is 0.265 e. The Labute approximate surface area is 139 Å². The lowest BCUT2D eigenvalue weighted by Gasteiger charge is -2.29. The number of carbonyl (C=O) groups excluding carboxylic acids is 2. The molecule has 4 nitrogen and oxygen atoms in total. The summed E-state index contributed by atoms with van der Waals surface area (Å²) in [7, 11) is 1.57. The molecule has 0 aromatic heterocycles. The Morgan fingerprint density at radius 1 is 1.13 bits per heavy atom. The first-order chi connectivity index (χ1) is 11.2. The molecule has 2 aromatic carbocycles. The minimum absolute atomic E-state index is 0.0129. The Morgan fingerprint density at radius 3 is 2.57 bits per heavy atom. The average Bonchev–Trinajstić information content (AvgIpc) is 2.59. The molecule has 1 aliphatic rings. The second kappa shape index (κ2) is 6.71. The SMILES string of the molecule is CNC(=O)CN1C(=O)C(=Cc2ccccc2)Sc2ccccc21. The van der Waals surface area contributed by atoms with Crippen LogP contribution in [0.4, 0.5) is 5.69 Å². The zero-order valence-electron chi connectivity index (χ0n) is 12.7. The highest BCUT2D eigenvalue weighted by molar-refractivity contribution is 8.04. The van der Waals surface area contributed by atoms with Crippen LogP contribution in [-0.4, -0.2) is 25.4 Å². The van der Waals surface area contributed by atoms with Crippen LogP contribution < -0.4 is 10.2 Å². The predicted molar refractivity (Wildman–Crippen MR) is 93.1 cm³/mol. The lowest BCUT2D eigenvalue weighted by molar-refractivity contribution is -0.122. The van der Waals surface area contributed by atoms with Gasteiger partial charge >= 0.3 is 0 Å². The molecule has 2 aromatic rings. The predicted octanol–water partition coefficient (Wildman–Crippen LogP) is 2.91. The van der Waals surface area contributed by atoms with E-state index in [1.165, 1.54) is 16.7 Å². The van der Waals surface area contributed by atoms with Crippen LogP contribution in [0.3, 0.4) is 0 Å². The molecule has 0 atom stereocenters. The summed E-state index contributed by atoms with van der Waals surface area (Å²) in [5, 5.41) is 2.57. The van der Waals surface area contributed by atoms with E-state index >= 15 is 0 Å². The van der Waals surface area contributed by atoms with Crippen molar-refractivity contribution in [2.75, 3.05) is 18.5 Å². The Hall–Kier alpha value is -2.53. The fraction of sp³-hybridized carbons (Fsp3) is 0.111. The maximum atomic E-state index is 12.8. The van der Waals surface area contributed by atoms with Gasteiger partial charge in [-0.25, -0.2) is 0 Å². The molecule has 0 bridgehead atoms. The molecule has 3 rings (SSSR count). The number of nitrogens with zero attached hydrogens (tertiary/aromatic N) is 1. The fourth-order valence-electron chi connectivity index (χ4n) is 2.34. The molecule has 5 heteroatoms. The zero-order chi connectivity index (χ0) is 16.2. The van der Waals surface area contributed by atoms with Gasteiger partial charge in [-0.05, 0) is 23.8 Å². The molecule has 1 aliphatic heterocycles. The monoisotopic (exact) mass is 324 g/mol. The quantitative estimate of drug-likeness (QED) is 0.883. The smallest absolute Gasteiger partial charge is 0.265 e. The van der Waals surface area contributed by atoms with E-state index in [0.29, 0.717) is 4.91 Å². The molecule has 0 aliphatic carbocycles. The molecule has 0 spiro atoms. The van der Waals surface area contributed by atoms with E-state index in [0.717, 1.165) is 16.1 Å². The van der Waals surface area contributed by atoms with E-state index in [9.17, 15) is 9.59 Å². The summed E-state index contributed by atoms with van der Waals surface area (Å²) in [6.07, 6.45) is 1.86. The lowest BCUT2D eigenvalue weighted by Crippen LogP contribution is -2.41. The Morgan fingerprint density at radius 2 is 1.83 bits per heavy atom. The number of hydrogen-bond acceptors (Lipinski definition) is 3. The number of anilines is 1. The van der Waals surface area contributed by atoms with Crippen LogP contribution in [0.5, 0.6) is 0 Å². The van der Waals surface area contributed by atoms with E-state index in [1.54, 1.807) is 7.05 Å². The number of benzene rings is 2. The molecule has 116 valence electrons. The number of carbonyl (C=O) groups is 2. The topological polar surface area (TPSA) is 49.4 Å². The average molecular weight is 324 g/mol. The van der Waals surface area contributed by atoms with Crippen LogP contribution in [-0.2, 0) is 9.59 Å². The van der Waals surface area contributed by atoms with Crippen molar-refractivity contribution >= 4 is 35.3 Å². The second-order valence-corrected chi connectivity index (χ2v) is 6.14. The molecule has 1 N–H and O–H groups in total. The van der Waals surface area contributed by atoms with Gasteiger partial charge < -0.3 is 5.32 Å². The van der Waals surface area contributed by atoms with Crippen molar-refractivity contribution in [1.29, 1.82) is 0 Å². The minimum Gasteiger partial charge on any atom is -0.358 e. The minimum atomic E-state index is -0.195. The van der Waals surface area contributed by atoms with Crippen LogP contribution in [0.2, 0.25) is 0 Å². The summed E-state index contributed by atoms with van der Waals surface area (Å²) in [5.41, 5.74) is 1.74. The highest BCUT2D eigenvalue weighted by Gasteiger charge is 2.30. The normalized spacial score (nSPS) is 15.4. The standard InChI is InChI=1S/C18H16N2O2S/c1-19-17(21)12-20-14-9-5-6-10-15(14)23-16(18(20)22)11-13-7-3-2-4-8-13/h2-11H,12H2,1H3,(H,19,21). The first-order valence-electron chi connectivity index (χ1n) is 7.25. The van der Waals surface area contributed by atoms with Crippen LogP contribution in [0, 0.1) is 0 Å². The molecule has 0 saturated carbocycles. The third kappa shape index (κ3) is 3.29. The van der Waals surface area contributed by atoms with Gasteiger partial charge in [0.2, 0.25) is 5.91 Å². The number of hydrogen-bond donors (Lipinski definition) is 1. The first kappa shape index (κ1) is 15.4. The van der Waals surface area contributed by atoms with E-state index in [2.05, 4.69) is 5.32 Å². The van der Waals surface area contributed by atoms with Gasteiger partial charge in [0.25, 0.3) is 5.91 Å². The molecule has 0 fully saturated rings. The van der Waals surface area contributed by atoms with E-state index < -0.39 is 0 Å². The van der Waals surface area contributed by atoms with Crippen molar-refractivity contribution in [3.05, 3.63) is 65.1 Å². The van der Waals surface area contributed by atoms with Crippen LogP contribution in [0.15, 0.2) is 64.4 Å². The van der Waals surface area contributed by atoms with Crippen molar-refractivity contribution < 1.29 is 9.59 Å². The summed E-state index contributed by atoms with van der Waals surface area (Å²) in [6.45, 7) is 0.0129. The van der Waals surface area contributed by atoms with Crippen LogP contribution in [0.1, 0.15) is 5.56 Å². The molecule has 0 unspecified atom stereocenters. The number of thioether (sulfide) groups is 1. The van der Waals surface area contributed by atoms with Gasteiger partial charge in [0, 0.05) is 11.9 Å². The van der Waals surface area contributed by atoms with Gasteiger partial charge in [0.15, 0.2) is 0 Å². The van der Waals surface area contributed by atoms with Crippen molar-refractivity contribution in [2.45, 2.75) is 4.90 Å². The Kier molecular flexibility index (Phi) is 4.48. The van der Waals surface area contributed by atoms with Gasteiger partial charge in [-0.3, -0.25) is 14.5 Å². The van der Waals surface area contributed by atoms with Gasteiger partial charge in [-0.2, -0.15) is 0 Å². The molecule has 1 heterocycles. The summed E-state index contributed by atoms with van der Waals surface area (Å²) >= 11 is 1.44. The molecule has 0 radical (unpaired) electrons. The lowest BCUT2D eigenvalue weighted by atomic mass is 10.2. The number of rotatable bonds is 3. The Balaban J connectivity index is 2.01. The third-order valence-electron chi connectivity index (χ3n) is 3.51. The van der Waals surface area contributed by atoms with E-state index in [-0.39, 0.29) is 18.4 Å². The number of para-hydroxylation sites is 1. The third-order valence-corrected chi connectivity index (χ3v) is 4.59. The number of likely N-dealkylation sites (N-methyl/N-ethyl adjacent to an activating group) is 1. The van der Waals surface area contributed by atoms with Crippen molar-refractivity contribution in [3.63, 3.8) is 0 Å². The highest BCUT2D eigenvalue weighted by Crippen LogP contribution is 2.41. The highest BCUT2D eigenvalue weighted by atomic mass is 32.2. The van der Waals surface area contributed by atoms with Crippen molar-refractivity contribution in [3.8, 4) is 0 Å². The zero-order valence-corrected chi connectivity index (χ0v) is 13.5. The maximum absolute atomic E-state index is 12.8. The summed E-state index contributed by atoms with van der Waals surface area (Å²) < 4.78 is 0. The van der Waals surface area contributed by atoms with Gasteiger partial charge in [0.1, 0.15) is 6.54 Å². The number of nitrogens with one attached hydrogen (secondary N) is 1. The number of fused-ring (bicyclic) bond motifs is 1. The largest absolute Gasteiger partial charge is 0.358 e. The van der Waals surface area contributed by atoms with Gasteiger partial charge in [0.05, 0.1) is 10.6 Å². The Bertz CT molecular complexity index is 772. The molecular weight excluding hydrogens is 308 g/mol.